The quantitative estimate of drug-likeness (QED) is 0.778. The maximum atomic E-state index is 13.2. The van der Waals surface area contributed by atoms with Crippen LogP contribution in [0.5, 0.6) is 5.75 Å². The molecule has 0 aliphatic carbocycles. The van der Waals surface area contributed by atoms with E-state index < -0.39 is 23.4 Å². The van der Waals surface area contributed by atoms with E-state index in [0.29, 0.717) is 0 Å². The number of amides is 2. The molecule has 1 aromatic carbocycles. The van der Waals surface area contributed by atoms with Crippen molar-refractivity contribution in [2.45, 2.75) is 19.4 Å². The van der Waals surface area contributed by atoms with Gasteiger partial charge in [0.05, 0.1) is 7.11 Å². The third-order valence-electron chi connectivity index (χ3n) is 2.33. The molecule has 0 bridgehead atoms. The van der Waals surface area contributed by atoms with Crippen molar-refractivity contribution in [3.63, 3.8) is 0 Å². The van der Waals surface area contributed by atoms with Gasteiger partial charge < -0.3 is 20.5 Å². The molecule has 0 fully saturated rings. The van der Waals surface area contributed by atoms with Gasteiger partial charge in [0, 0.05) is 17.8 Å². The molecule has 1 aromatic rings. The fourth-order valence-corrected chi connectivity index (χ4v) is 1.25. The van der Waals surface area contributed by atoms with Crippen LogP contribution in [0.25, 0.3) is 0 Å². The molecule has 0 aromatic heterocycles. The Labute approximate surface area is 109 Å². The number of urea groups is 1. The van der Waals surface area contributed by atoms with Crippen molar-refractivity contribution in [2.75, 3.05) is 12.4 Å². The third-order valence-corrected chi connectivity index (χ3v) is 2.33. The van der Waals surface area contributed by atoms with Gasteiger partial charge in [-0.15, -0.1) is 0 Å². The average molecular weight is 270 g/mol. The standard InChI is InChI=1S/C12H15FN2O4/c1-12(2,10(16)17)15-11(18)14-8-4-7(13)5-9(6-8)19-3/h4-6H,1-3H3,(H,16,17)(H2,14,15,18). The molecule has 3 N–H and O–H groups in total. The molecule has 0 saturated carbocycles. The topological polar surface area (TPSA) is 87.7 Å². The highest BCUT2D eigenvalue weighted by Crippen LogP contribution is 2.19. The average Bonchev–Trinajstić information content (AvgIpc) is 2.26. The number of carboxylic acids is 1. The number of benzene rings is 1. The monoisotopic (exact) mass is 270 g/mol. The molecule has 0 aliphatic heterocycles. The highest BCUT2D eigenvalue weighted by atomic mass is 19.1. The largest absolute Gasteiger partial charge is 0.497 e. The molecule has 104 valence electrons. The molecule has 1 rings (SSSR count). The number of hydrogen-bond donors (Lipinski definition) is 3. The first-order valence-corrected chi connectivity index (χ1v) is 5.42. The number of carbonyl (C=O) groups is 2. The molecule has 0 unspecified atom stereocenters. The van der Waals surface area contributed by atoms with Crippen LogP contribution in [0.2, 0.25) is 0 Å². The van der Waals surface area contributed by atoms with Gasteiger partial charge in [0.15, 0.2) is 0 Å². The molecule has 0 atom stereocenters. The van der Waals surface area contributed by atoms with E-state index in [2.05, 4.69) is 10.6 Å². The number of hydrogen-bond acceptors (Lipinski definition) is 3. The summed E-state index contributed by atoms with van der Waals surface area (Å²) in [6, 6.07) is 2.91. The van der Waals surface area contributed by atoms with Gasteiger partial charge in [-0.1, -0.05) is 0 Å². The fraction of sp³-hybridized carbons (Fsp3) is 0.333. The maximum absolute atomic E-state index is 13.2. The van der Waals surface area contributed by atoms with Crippen molar-refractivity contribution in [3.05, 3.63) is 24.0 Å². The van der Waals surface area contributed by atoms with Gasteiger partial charge in [0.25, 0.3) is 0 Å². The van der Waals surface area contributed by atoms with E-state index in [1.165, 1.54) is 27.0 Å². The SMILES string of the molecule is COc1cc(F)cc(NC(=O)NC(C)(C)C(=O)O)c1. The molecule has 0 spiro atoms. The van der Waals surface area contributed by atoms with E-state index in [4.69, 9.17) is 9.84 Å². The third kappa shape index (κ3) is 4.13. The zero-order valence-electron chi connectivity index (χ0n) is 10.8. The second-order valence-corrected chi connectivity index (χ2v) is 4.39. The molecule has 0 aliphatic rings. The first-order valence-electron chi connectivity index (χ1n) is 5.42. The van der Waals surface area contributed by atoms with Crippen LogP contribution < -0.4 is 15.4 Å². The van der Waals surface area contributed by atoms with Gasteiger partial charge in [-0.2, -0.15) is 0 Å². The van der Waals surface area contributed by atoms with Crippen molar-refractivity contribution in [1.82, 2.24) is 5.32 Å². The Morgan fingerprint density at radius 1 is 1.32 bits per heavy atom. The van der Waals surface area contributed by atoms with E-state index >= 15 is 0 Å². The summed E-state index contributed by atoms with van der Waals surface area (Å²) in [6.45, 7) is 2.67. The van der Waals surface area contributed by atoms with Crippen molar-refractivity contribution in [2.24, 2.45) is 0 Å². The number of methoxy groups -OCH3 is 1. The number of ether oxygens (including phenoxy) is 1. The zero-order valence-corrected chi connectivity index (χ0v) is 10.8. The van der Waals surface area contributed by atoms with Crippen LogP contribution in [0, 0.1) is 5.82 Å². The fourth-order valence-electron chi connectivity index (χ4n) is 1.25. The minimum absolute atomic E-state index is 0.163. The van der Waals surface area contributed by atoms with Crippen molar-refractivity contribution in [3.8, 4) is 5.75 Å². The molecule has 6 nitrogen and oxygen atoms in total. The van der Waals surface area contributed by atoms with Gasteiger partial charge in [-0.05, 0) is 19.9 Å². The number of carbonyl (C=O) groups excluding carboxylic acids is 1. The summed E-state index contributed by atoms with van der Waals surface area (Å²) in [5, 5.41) is 13.4. The lowest BCUT2D eigenvalue weighted by atomic mass is 10.1. The highest BCUT2D eigenvalue weighted by Gasteiger charge is 2.28. The molecule has 0 radical (unpaired) electrons. The van der Waals surface area contributed by atoms with E-state index in [1.807, 2.05) is 0 Å². The Bertz CT molecular complexity index is 503. The van der Waals surface area contributed by atoms with Crippen LogP contribution in [0.4, 0.5) is 14.9 Å². The molecule has 0 saturated heterocycles. The normalized spacial score (nSPS) is 10.7. The van der Waals surface area contributed by atoms with Crippen LogP contribution in [0.15, 0.2) is 18.2 Å². The summed E-state index contributed by atoms with van der Waals surface area (Å²) < 4.78 is 18.0. The molecule has 0 heterocycles. The Morgan fingerprint density at radius 3 is 2.47 bits per heavy atom. The lowest BCUT2D eigenvalue weighted by molar-refractivity contribution is -0.142. The van der Waals surface area contributed by atoms with Crippen LogP contribution in [0.1, 0.15) is 13.8 Å². The molecule has 19 heavy (non-hydrogen) atoms. The van der Waals surface area contributed by atoms with Gasteiger partial charge >= 0.3 is 12.0 Å². The van der Waals surface area contributed by atoms with Gasteiger partial charge in [-0.25, -0.2) is 14.0 Å². The Balaban J connectivity index is 2.77. The number of nitrogens with one attached hydrogen (secondary N) is 2. The summed E-state index contributed by atoms with van der Waals surface area (Å²) in [6.07, 6.45) is 0. The number of anilines is 1. The van der Waals surface area contributed by atoms with Gasteiger partial charge in [-0.3, -0.25) is 0 Å². The number of halogens is 1. The van der Waals surface area contributed by atoms with Crippen molar-refractivity contribution < 1.29 is 23.8 Å². The minimum Gasteiger partial charge on any atom is -0.497 e. The van der Waals surface area contributed by atoms with E-state index in [-0.39, 0.29) is 11.4 Å². The summed E-state index contributed by atoms with van der Waals surface area (Å²) in [5.74, 6) is -1.51. The Hall–Kier alpha value is -2.31. The van der Waals surface area contributed by atoms with Gasteiger partial charge in [0.1, 0.15) is 17.1 Å². The van der Waals surface area contributed by atoms with Gasteiger partial charge in [0.2, 0.25) is 0 Å². The zero-order chi connectivity index (χ0) is 14.6. The Kier molecular flexibility index (Phi) is 4.31. The van der Waals surface area contributed by atoms with Crippen LogP contribution in [-0.4, -0.2) is 29.8 Å². The Morgan fingerprint density at radius 2 is 1.95 bits per heavy atom. The summed E-state index contributed by atoms with van der Waals surface area (Å²) in [7, 11) is 1.37. The molecule has 7 heteroatoms. The molecular weight excluding hydrogens is 255 g/mol. The second kappa shape index (κ2) is 5.55. The number of aliphatic carboxylic acids is 1. The predicted octanol–water partition coefficient (Wildman–Crippen LogP) is 1.82. The lowest BCUT2D eigenvalue weighted by Crippen LogP contribution is -2.51. The lowest BCUT2D eigenvalue weighted by Gasteiger charge is -2.21. The maximum Gasteiger partial charge on any atom is 0.328 e. The molecular formula is C12H15FN2O4. The summed E-state index contributed by atoms with van der Waals surface area (Å²) in [4.78, 5) is 22.4. The van der Waals surface area contributed by atoms with Crippen molar-refractivity contribution in [1.29, 1.82) is 0 Å². The van der Waals surface area contributed by atoms with Crippen LogP contribution in [0.3, 0.4) is 0 Å². The first kappa shape index (κ1) is 14.7. The van der Waals surface area contributed by atoms with E-state index in [0.717, 1.165) is 12.1 Å². The summed E-state index contributed by atoms with van der Waals surface area (Å²) in [5.41, 5.74) is -1.27. The first-order chi connectivity index (χ1) is 8.74. The van der Waals surface area contributed by atoms with Crippen molar-refractivity contribution >= 4 is 17.7 Å². The van der Waals surface area contributed by atoms with Crippen LogP contribution in [-0.2, 0) is 4.79 Å². The number of rotatable bonds is 4. The number of carboxylic acid groups (broad SMARTS) is 1. The van der Waals surface area contributed by atoms with Crippen LogP contribution >= 0.6 is 0 Å². The van der Waals surface area contributed by atoms with E-state index in [1.54, 1.807) is 0 Å². The molecule has 2 amide bonds. The van der Waals surface area contributed by atoms with E-state index in [9.17, 15) is 14.0 Å². The summed E-state index contributed by atoms with van der Waals surface area (Å²) >= 11 is 0. The minimum atomic E-state index is -1.43. The second-order valence-electron chi connectivity index (χ2n) is 4.39. The predicted molar refractivity (Wildman–Crippen MR) is 66.8 cm³/mol. The highest BCUT2D eigenvalue weighted by molar-refractivity contribution is 5.93. The smallest absolute Gasteiger partial charge is 0.328 e.